The Kier molecular flexibility index (Phi) is 3.83. The Morgan fingerprint density at radius 3 is 2.86 bits per heavy atom. The van der Waals surface area contributed by atoms with E-state index >= 15 is 0 Å². The molecule has 3 rings (SSSR count). The predicted octanol–water partition coefficient (Wildman–Crippen LogP) is 2.62. The number of ether oxygens (including phenoxy) is 2. The predicted molar refractivity (Wildman–Crippen MR) is 81.0 cm³/mol. The molecule has 0 saturated carbocycles. The van der Waals surface area contributed by atoms with Crippen LogP contribution in [0, 0.1) is 0 Å². The van der Waals surface area contributed by atoms with E-state index in [2.05, 4.69) is 14.5 Å². The molecule has 0 spiro atoms. The minimum atomic E-state index is 0.618. The highest BCUT2D eigenvalue weighted by molar-refractivity contribution is 5.74. The maximum absolute atomic E-state index is 5.31. The van der Waals surface area contributed by atoms with Gasteiger partial charge >= 0.3 is 0 Å². The van der Waals surface area contributed by atoms with Gasteiger partial charge in [-0.3, -0.25) is 4.57 Å². The Bertz CT molecular complexity index is 752. The van der Waals surface area contributed by atoms with Gasteiger partial charge in [-0.25, -0.2) is 9.97 Å². The molecule has 0 fully saturated rings. The maximum Gasteiger partial charge on any atom is 0.164 e. The second-order valence-corrected chi connectivity index (χ2v) is 4.65. The minimum absolute atomic E-state index is 0.618. The molecule has 0 radical (unpaired) electrons. The van der Waals surface area contributed by atoms with Gasteiger partial charge in [0.05, 0.1) is 19.4 Å². The maximum atomic E-state index is 5.31. The first-order valence-corrected chi connectivity index (χ1v) is 6.79. The number of fused-ring (bicyclic) bond motifs is 1. The smallest absolute Gasteiger partial charge is 0.164 e. The summed E-state index contributed by atoms with van der Waals surface area (Å²) in [5, 5.41) is 0. The average Bonchev–Trinajstić information content (AvgIpc) is 2.91. The third kappa shape index (κ3) is 2.60. The topological polar surface area (TPSA) is 49.2 Å². The van der Waals surface area contributed by atoms with Crippen LogP contribution in [-0.2, 0) is 11.2 Å². The number of hydrogen-bond acceptors (Lipinski definition) is 4. The molecule has 2 aromatic heterocycles. The molecule has 0 amide bonds. The van der Waals surface area contributed by atoms with E-state index < -0.39 is 0 Å². The Labute approximate surface area is 123 Å². The van der Waals surface area contributed by atoms with Crippen molar-refractivity contribution < 1.29 is 9.47 Å². The number of benzene rings is 1. The molecular weight excluding hydrogens is 266 g/mol. The molecule has 0 saturated heterocycles. The number of methoxy groups -OCH3 is 2. The fourth-order valence-corrected chi connectivity index (χ4v) is 2.34. The Balaban J connectivity index is 2.17. The molecule has 0 aliphatic rings. The van der Waals surface area contributed by atoms with Gasteiger partial charge in [-0.2, -0.15) is 0 Å². The summed E-state index contributed by atoms with van der Waals surface area (Å²) in [6, 6.07) is 11.7. The minimum Gasteiger partial charge on any atom is -0.497 e. The molecule has 5 nitrogen and oxygen atoms in total. The number of pyridine rings is 1. The van der Waals surface area contributed by atoms with Crippen molar-refractivity contribution in [3.05, 3.63) is 48.4 Å². The molecular formula is C16H17N3O2. The van der Waals surface area contributed by atoms with Gasteiger partial charge in [-0.1, -0.05) is 6.07 Å². The summed E-state index contributed by atoms with van der Waals surface area (Å²) < 4.78 is 12.5. The Morgan fingerprint density at radius 1 is 1.14 bits per heavy atom. The lowest BCUT2D eigenvalue weighted by Crippen LogP contribution is -2.05. The highest BCUT2D eigenvalue weighted by Gasteiger charge is 2.13. The van der Waals surface area contributed by atoms with E-state index in [0.717, 1.165) is 34.8 Å². The van der Waals surface area contributed by atoms with Gasteiger partial charge in [0, 0.05) is 25.8 Å². The van der Waals surface area contributed by atoms with Gasteiger partial charge in [0.25, 0.3) is 0 Å². The normalized spacial score (nSPS) is 11.0. The van der Waals surface area contributed by atoms with E-state index in [0.29, 0.717) is 6.61 Å². The van der Waals surface area contributed by atoms with Crippen LogP contribution in [0.15, 0.2) is 42.6 Å². The van der Waals surface area contributed by atoms with Gasteiger partial charge in [0.1, 0.15) is 17.1 Å². The van der Waals surface area contributed by atoms with Crippen LogP contribution < -0.4 is 4.74 Å². The van der Waals surface area contributed by atoms with E-state index in [-0.39, 0.29) is 0 Å². The van der Waals surface area contributed by atoms with Crippen molar-refractivity contribution in [2.75, 3.05) is 20.8 Å². The van der Waals surface area contributed by atoms with Gasteiger partial charge in [-0.05, 0) is 24.3 Å². The number of imidazole rings is 1. The summed E-state index contributed by atoms with van der Waals surface area (Å²) in [6.45, 7) is 0.618. The largest absolute Gasteiger partial charge is 0.497 e. The van der Waals surface area contributed by atoms with Crippen LogP contribution in [0.1, 0.15) is 5.82 Å². The van der Waals surface area contributed by atoms with E-state index in [1.54, 1.807) is 20.4 Å². The molecule has 108 valence electrons. The number of nitrogens with zero attached hydrogens (tertiary/aromatic N) is 3. The second kappa shape index (κ2) is 5.93. The standard InChI is InChI=1S/C16H17N3O2/c1-20-10-8-15-18-14-7-4-9-17-16(14)19(15)12-5-3-6-13(11-12)21-2/h3-7,9,11H,8,10H2,1-2H3. The Hall–Kier alpha value is -2.40. The lowest BCUT2D eigenvalue weighted by molar-refractivity contribution is 0.200. The van der Waals surface area contributed by atoms with Crippen LogP contribution in [0.25, 0.3) is 16.9 Å². The average molecular weight is 283 g/mol. The lowest BCUT2D eigenvalue weighted by Gasteiger charge is -2.10. The first-order valence-electron chi connectivity index (χ1n) is 6.79. The second-order valence-electron chi connectivity index (χ2n) is 4.65. The van der Waals surface area contributed by atoms with Gasteiger partial charge < -0.3 is 9.47 Å². The molecule has 0 aliphatic heterocycles. The molecule has 0 atom stereocenters. The van der Waals surface area contributed by atoms with Crippen LogP contribution in [0.5, 0.6) is 5.75 Å². The van der Waals surface area contributed by atoms with Crippen LogP contribution in [-0.4, -0.2) is 35.4 Å². The van der Waals surface area contributed by atoms with Crippen LogP contribution >= 0.6 is 0 Å². The molecule has 2 heterocycles. The fourth-order valence-electron chi connectivity index (χ4n) is 2.34. The lowest BCUT2D eigenvalue weighted by atomic mass is 10.3. The molecule has 5 heteroatoms. The molecule has 3 aromatic rings. The zero-order chi connectivity index (χ0) is 14.7. The zero-order valence-corrected chi connectivity index (χ0v) is 12.1. The van der Waals surface area contributed by atoms with Crippen molar-refractivity contribution >= 4 is 11.2 Å². The fraction of sp³-hybridized carbons (Fsp3) is 0.250. The molecule has 0 aliphatic carbocycles. The quantitative estimate of drug-likeness (QED) is 0.722. The summed E-state index contributed by atoms with van der Waals surface area (Å²) in [6.07, 6.45) is 2.50. The zero-order valence-electron chi connectivity index (χ0n) is 12.1. The monoisotopic (exact) mass is 283 g/mol. The summed E-state index contributed by atoms with van der Waals surface area (Å²) in [5.41, 5.74) is 2.71. The van der Waals surface area contributed by atoms with E-state index in [4.69, 9.17) is 9.47 Å². The highest BCUT2D eigenvalue weighted by Crippen LogP contribution is 2.23. The Morgan fingerprint density at radius 2 is 2.05 bits per heavy atom. The summed E-state index contributed by atoms with van der Waals surface area (Å²) in [7, 11) is 3.35. The molecule has 21 heavy (non-hydrogen) atoms. The van der Waals surface area contributed by atoms with Crippen molar-refractivity contribution in [3.63, 3.8) is 0 Å². The van der Waals surface area contributed by atoms with Crippen molar-refractivity contribution in [3.8, 4) is 11.4 Å². The first-order chi connectivity index (χ1) is 10.3. The SMILES string of the molecule is COCCc1nc2cccnc2n1-c1cccc(OC)c1. The van der Waals surface area contributed by atoms with E-state index in [9.17, 15) is 0 Å². The van der Waals surface area contributed by atoms with Crippen LogP contribution in [0.2, 0.25) is 0 Å². The third-order valence-electron chi connectivity index (χ3n) is 3.33. The highest BCUT2D eigenvalue weighted by atomic mass is 16.5. The molecule has 0 N–H and O–H groups in total. The van der Waals surface area contributed by atoms with Gasteiger partial charge in [-0.15, -0.1) is 0 Å². The van der Waals surface area contributed by atoms with Crippen LogP contribution in [0.3, 0.4) is 0 Å². The number of hydrogen-bond donors (Lipinski definition) is 0. The van der Waals surface area contributed by atoms with E-state index in [1.807, 2.05) is 36.4 Å². The van der Waals surface area contributed by atoms with Crippen molar-refractivity contribution in [2.45, 2.75) is 6.42 Å². The first kappa shape index (κ1) is 13.6. The molecule has 1 aromatic carbocycles. The summed E-state index contributed by atoms with van der Waals surface area (Å²) >= 11 is 0. The van der Waals surface area contributed by atoms with Gasteiger partial charge in [0.15, 0.2) is 5.65 Å². The van der Waals surface area contributed by atoms with Crippen LogP contribution in [0.4, 0.5) is 0 Å². The summed E-state index contributed by atoms with van der Waals surface area (Å²) in [4.78, 5) is 9.12. The molecule has 0 unspecified atom stereocenters. The van der Waals surface area contributed by atoms with Crippen molar-refractivity contribution in [1.29, 1.82) is 0 Å². The summed E-state index contributed by atoms with van der Waals surface area (Å²) in [5.74, 6) is 1.74. The van der Waals surface area contributed by atoms with Gasteiger partial charge in [0.2, 0.25) is 0 Å². The van der Waals surface area contributed by atoms with Crippen molar-refractivity contribution in [1.82, 2.24) is 14.5 Å². The number of rotatable bonds is 5. The van der Waals surface area contributed by atoms with E-state index in [1.165, 1.54) is 0 Å². The number of aromatic nitrogens is 3. The third-order valence-corrected chi connectivity index (χ3v) is 3.33. The molecule has 0 bridgehead atoms. The van der Waals surface area contributed by atoms with Crippen molar-refractivity contribution in [2.24, 2.45) is 0 Å².